The van der Waals surface area contributed by atoms with Gasteiger partial charge in [0.2, 0.25) is 0 Å². The lowest BCUT2D eigenvalue weighted by Gasteiger charge is -2.07. The molecule has 4 rings (SSSR count). The van der Waals surface area contributed by atoms with Gasteiger partial charge in [-0.05, 0) is 30.3 Å². The van der Waals surface area contributed by atoms with Crippen LogP contribution in [0.4, 0.5) is 5.69 Å². The zero-order chi connectivity index (χ0) is 19.5. The molecule has 0 aliphatic carbocycles. The van der Waals surface area contributed by atoms with Gasteiger partial charge in [-0.3, -0.25) is 4.79 Å². The third-order valence-electron chi connectivity index (χ3n) is 4.42. The maximum atomic E-state index is 11.8. The number of carbonyl (C=O) groups excluding carboxylic acids is 1. The molecule has 0 atom stereocenters. The summed E-state index contributed by atoms with van der Waals surface area (Å²) >= 11 is 0. The number of para-hydroxylation sites is 1. The second kappa shape index (κ2) is 7.40. The van der Waals surface area contributed by atoms with E-state index in [0.717, 1.165) is 10.9 Å². The van der Waals surface area contributed by atoms with Gasteiger partial charge in [0.15, 0.2) is 0 Å². The Hall–Kier alpha value is -3.86. The van der Waals surface area contributed by atoms with Gasteiger partial charge in [-0.1, -0.05) is 42.5 Å². The molecule has 4 aromatic rings. The van der Waals surface area contributed by atoms with Crippen molar-refractivity contribution in [2.24, 2.45) is 10.7 Å². The number of primary amides is 1. The van der Waals surface area contributed by atoms with Gasteiger partial charge in [-0.2, -0.15) is 0 Å². The molecule has 0 unspecified atom stereocenters. The molecule has 1 aromatic heterocycles. The van der Waals surface area contributed by atoms with Crippen molar-refractivity contribution in [2.45, 2.75) is 0 Å². The summed E-state index contributed by atoms with van der Waals surface area (Å²) in [6, 6.07) is 24.2. The van der Waals surface area contributed by atoms with Gasteiger partial charge in [0.25, 0.3) is 5.91 Å². The van der Waals surface area contributed by atoms with Gasteiger partial charge in [-0.15, -0.1) is 0 Å². The van der Waals surface area contributed by atoms with Crippen molar-refractivity contribution < 1.29 is 13.9 Å². The predicted molar refractivity (Wildman–Crippen MR) is 108 cm³/mol. The zero-order valence-electron chi connectivity index (χ0n) is 15.3. The van der Waals surface area contributed by atoms with Gasteiger partial charge in [0.1, 0.15) is 17.1 Å². The Kier molecular flexibility index (Phi) is 4.64. The van der Waals surface area contributed by atoms with E-state index >= 15 is 0 Å². The highest BCUT2D eigenvalue weighted by molar-refractivity contribution is 5.97. The number of rotatable bonds is 4. The molecule has 0 radical (unpaired) electrons. The summed E-state index contributed by atoms with van der Waals surface area (Å²) in [5.41, 5.74) is 7.97. The van der Waals surface area contributed by atoms with Crippen molar-refractivity contribution in [3.8, 4) is 17.1 Å². The lowest BCUT2D eigenvalue weighted by molar-refractivity contribution is 0.100. The highest BCUT2D eigenvalue weighted by atomic mass is 16.5. The number of hydrogen-bond acceptors (Lipinski definition) is 4. The molecule has 5 nitrogen and oxygen atoms in total. The third-order valence-corrected chi connectivity index (χ3v) is 4.42. The van der Waals surface area contributed by atoms with Crippen LogP contribution in [-0.4, -0.2) is 13.0 Å². The molecule has 0 bridgehead atoms. The summed E-state index contributed by atoms with van der Waals surface area (Å²) in [6.07, 6.45) is 0. The topological polar surface area (TPSA) is 77.8 Å². The first-order chi connectivity index (χ1) is 13.7. The Morgan fingerprint density at radius 3 is 2.46 bits per heavy atom. The molecular weight excluding hydrogens is 352 g/mol. The average molecular weight is 370 g/mol. The van der Waals surface area contributed by atoms with Crippen molar-refractivity contribution >= 4 is 22.6 Å². The molecule has 0 aliphatic heterocycles. The molecule has 1 heterocycles. The normalized spacial score (nSPS) is 11.5. The first-order valence-corrected chi connectivity index (χ1v) is 8.76. The fraction of sp³-hybridized carbons (Fsp3) is 0.0435. The number of nitrogens with zero attached hydrogens (tertiary/aromatic N) is 1. The fourth-order valence-electron chi connectivity index (χ4n) is 3.02. The fourth-order valence-corrected chi connectivity index (χ4v) is 3.02. The van der Waals surface area contributed by atoms with E-state index in [1.165, 1.54) is 0 Å². The summed E-state index contributed by atoms with van der Waals surface area (Å²) in [5.74, 6) is 0.841. The van der Waals surface area contributed by atoms with Crippen molar-refractivity contribution in [3.63, 3.8) is 0 Å². The number of methoxy groups -OCH3 is 1. The summed E-state index contributed by atoms with van der Waals surface area (Å²) < 4.78 is 11.4. The van der Waals surface area contributed by atoms with Crippen LogP contribution in [0.3, 0.4) is 0 Å². The van der Waals surface area contributed by atoms with E-state index in [4.69, 9.17) is 19.9 Å². The number of benzene rings is 3. The van der Waals surface area contributed by atoms with Crippen LogP contribution in [0.2, 0.25) is 0 Å². The summed E-state index contributed by atoms with van der Waals surface area (Å²) in [4.78, 5) is 16.5. The van der Waals surface area contributed by atoms with Crippen LogP contribution in [-0.2, 0) is 0 Å². The predicted octanol–water partition coefficient (Wildman–Crippen LogP) is 4.44. The minimum atomic E-state index is -0.523. The van der Waals surface area contributed by atoms with Crippen LogP contribution in [0.5, 0.6) is 5.75 Å². The number of ether oxygens (including phenoxy) is 1. The van der Waals surface area contributed by atoms with Crippen molar-refractivity contribution in [1.29, 1.82) is 0 Å². The Morgan fingerprint density at radius 1 is 0.964 bits per heavy atom. The monoisotopic (exact) mass is 370 g/mol. The van der Waals surface area contributed by atoms with Crippen LogP contribution in [0, 0.1) is 0 Å². The van der Waals surface area contributed by atoms with Crippen LogP contribution in [0.25, 0.3) is 22.3 Å². The Morgan fingerprint density at radius 2 is 1.71 bits per heavy atom. The van der Waals surface area contributed by atoms with Gasteiger partial charge in [0.05, 0.1) is 23.7 Å². The number of carbonyl (C=O) groups is 1. The first-order valence-electron chi connectivity index (χ1n) is 8.76. The SMILES string of the molecule is COc1ccc2oc(-c3ccccc3)cc(=Nc3ccccc3C(N)=O)c2c1. The quantitative estimate of drug-likeness (QED) is 0.577. The van der Waals surface area contributed by atoms with E-state index in [2.05, 4.69) is 0 Å². The Bertz CT molecular complexity index is 1230. The van der Waals surface area contributed by atoms with E-state index in [0.29, 0.717) is 33.7 Å². The van der Waals surface area contributed by atoms with Gasteiger partial charge < -0.3 is 14.9 Å². The van der Waals surface area contributed by atoms with Gasteiger partial charge in [-0.25, -0.2) is 4.99 Å². The van der Waals surface area contributed by atoms with E-state index in [9.17, 15) is 4.79 Å². The van der Waals surface area contributed by atoms with Crippen LogP contribution >= 0.6 is 0 Å². The lowest BCUT2D eigenvalue weighted by atomic mass is 10.1. The molecule has 28 heavy (non-hydrogen) atoms. The number of fused-ring (bicyclic) bond motifs is 1. The molecule has 0 saturated carbocycles. The molecule has 138 valence electrons. The molecule has 0 fully saturated rings. The second-order valence-corrected chi connectivity index (χ2v) is 6.22. The smallest absolute Gasteiger partial charge is 0.250 e. The highest BCUT2D eigenvalue weighted by Crippen LogP contribution is 2.25. The Labute approximate surface area is 161 Å². The molecule has 2 N–H and O–H groups in total. The average Bonchev–Trinajstić information content (AvgIpc) is 2.74. The summed E-state index contributed by atoms with van der Waals surface area (Å²) in [7, 11) is 1.61. The molecule has 0 saturated heterocycles. The van der Waals surface area contributed by atoms with E-state index in [1.54, 1.807) is 25.3 Å². The molecule has 0 spiro atoms. The van der Waals surface area contributed by atoms with E-state index in [1.807, 2.05) is 60.7 Å². The van der Waals surface area contributed by atoms with E-state index in [-0.39, 0.29) is 0 Å². The maximum Gasteiger partial charge on any atom is 0.250 e. The lowest BCUT2D eigenvalue weighted by Crippen LogP contribution is -2.12. The Balaban J connectivity index is 2.04. The minimum Gasteiger partial charge on any atom is -0.497 e. The summed E-state index contributed by atoms with van der Waals surface area (Å²) in [5, 5.41) is 1.44. The van der Waals surface area contributed by atoms with Gasteiger partial charge >= 0.3 is 0 Å². The molecule has 1 amide bonds. The van der Waals surface area contributed by atoms with Crippen LogP contribution < -0.4 is 15.8 Å². The molecule has 0 aliphatic rings. The van der Waals surface area contributed by atoms with Crippen molar-refractivity contribution in [1.82, 2.24) is 0 Å². The van der Waals surface area contributed by atoms with Crippen molar-refractivity contribution in [3.05, 3.63) is 89.8 Å². The molecular formula is C23H18N2O3. The number of amides is 1. The summed E-state index contributed by atoms with van der Waals surface area (Å²) in [6.45, 7) is 0. The van der Waals surface area contributed by atoms with Gasteiger partial charge in [0, 0.05) is 17.0 Å². The third kappa shape index (κ3) is 3.38. The van der Waals surface area contributed by atoms with Crippen LogP contribution in [0.15, 0.2) is 88.3 Å². The largest absolute Gasteiger partial charge is 0.497 e. The molecule has 3 aromatic carbocycles. The first kappa shape index (κ1) is 17.5. The second-order valence-electron chi connectivity index (χ2n) is 6.22. The number of nitrogens with two attached hydrogens (primary N) is 1. The van der Waals surface area contributed by atoms with Crippen LogP contribution in [0.1, 0.15) is 10.4 Å². The van der Waals surface area contributed by atoms with Crippen molar-refractivity contribution in [2.75, 3.05) is 7.11 Å². The number of hydrogen-bond donors (Lipinski definition) is 1. The highest BCUT2D eigenvalue weighted by Gasteiger charge is 2.10. The molecule has 5 heteroatoms. The maximum absolute atomic E-state index is 11.8. The van der Waals surface area contributed by atoms with E-state index < -0.39 is 5.91 Å². The minimum absolute atomic E-state index is 0.362. The standard InChI is InChI=1S/C23H18N2O3/c1-27-16-11-12-21-18(13-16)20(14-22(28-21)15-7-3-2-4-8-15)25-19-10-6-5-9-17(19)23(24)26/h2-14H,1H3,(H2,24,26). The zero-order valence-corrected chi connectivity index (χ0v) is 15.3.